The number of fused-ring (bicyclic) bond motifs is 1. The molecule has 7 nitrogen and oxygen atoms in total. The first kappa shape index (κ1) is 19.1. The van der Waals surface area contributed by atoms with Crippen LogP contribution >= 0.6 is 0 Å². The SMILES string of the molecule is CCCCn1c(=O)c2ccccc2n(CC(=O)Nc2cccc(C#N)c2)c1=O. The molecule has 0 spiro atoms. The van der Waals surface area contributed by atoms with Gasteiger partial charge in [0.2, 0.25) is 5.91 Å². The van der Waals surface area contributed by atoms with Crippen LogP contribution in [0.3, 0.4) is 0 Å². The average molecular weight is 376 g/mol. The van der Waals surface area contributed by atoms with Crippen molar-refractivity contribution in [1.29, 1.82) is 5.26 Å². The Morgan fingerprint density at radius 3 is 2.64 bits per heavy atom. The van der Waals surface area contributed by atoms with Crippen molar-refractivity contribution in [1.82, 2.24) is 9.13 Å². The number of hydrogen-bond acceptors (Lipinski definition) is 4. The van der Waals surface area contributed by atoms with E-state index in [0.29, 0.717) is 35.1 Å². The van der Waals surface area contributed by atoms with E-state index in [4.69, 9.17) is 5.26 Å². The summed E-state index contributed by atoms with van der Waals surface area (Å²) >= 11 is 0. The lowest BCUT2D eigenvalue weighted by molar-refractivity contribution is -0.116. The highest BCUT2D eigenvalue weighted by Gasteiger charge is 2.15. The minimum absolute atomic E-state index is 0.234. The smallest absolute Gasteiger partial charge is 0.324 e. The fourth-order valence-corrected chi connectivity index (χ4v) is 3.05. The molecule has 0 fully saturated rings. The van der Waals surface area contributed by atoms with Crippen molar-refractivity contribution in [3.8, 4) is 6.07 Å². The molecule has 1 heterocycles. The first-order chi connectivity index (χ1) is 13.5. The lowest BCUT2D eigenvalue weighted by Crippen LogP contribution is -2.41. The zero-order valence-corrected chi connectivity index (χ0v) is 15.5. The Bertz CT molecular complexity index is 1180. The summed E-state index contributed by atoms with van der Waals surface area (Å²) in [5.41, 5.74) is 0.478. The molecule has 3 aromatic rings. The topological polar surface area (TPSA) is 96.9 Å². The van der Waals surface area contributed by atoms with Gasteiger partial charge in [0.25, 0.3) is 5.56 Å². The van der Waals surface area contributed by atoms with Crippen molar-refractivity contribution < 1.29 is 4.79 Å². The first-order valence-electron chi connectivity index (χ1n) is 9.07. The lowest BCUT2D eigenvalue weighted by Gasteiger charge is -2.14. The number of anilines is 1. The Morgan fingerprint density at radius 2 is 1.89 bits per heavy atom. The van der Waals surface area contributed by atoms with Gasteiger partial charge in [-0.2, -0.15) is 5.26 Å². The third kappa shape index (κ3) is 3.86. The number of hydrogen-bond donors (Lipinski definition) is 1. The number of nitrogens with one attached hydrogen (secondary N) is 1. The molecular weight excluding hydrogens is 356 g/mol. The number of amides is 1. The van der Waals surface area contributed by atoms with Crippen molar-refractivity contribution >= 4 is 22.5 Å². The molecule has 1 amide bonds. The van der Waals surface area contributed by atoms with Crippen LogP contribution < -0.4 is 16.6 Å². The van der Waals surface area contributed by atoms with Crippen LogP contribution in [-0.4, -0.2) is 15.0 Å². The molecule has 1 N–H and O–H groups in total. The van der Waals surface area contributed by atoms with E-state index in [-0.39, 0.29) is 12.1 Å². The second-order valence-corrected chi connectivity index (χ2v) is 6.44. The quantitative estimate of drug-likeness (QED) is 0.715. The molecule has 2 aromatic carbocycles. The van der Waals surface area contributed by atoms with Gasteiger partial charge in [-0.05, 0) is 36.8 Å². The van der Waals surface area contributed by atoms with Crippen molar-refractivity contribution in [3.05, 3.63) is 74.9 Å². The van der Waals surface area contributed by atoms with Crippen LogP contribution in [0.5, 0.6) is 0 Å². The maximum atomic E-state index is 12.9. The van der Waals surface area contributed by atoms with E-state index in [1.807, 2.05) is 13.0 Å². The fourth-order valence-electron chi connectivity index (χ4n) is 3.05. The molecule has 0 radical (unpaired) electrons. The van der Waals surface area contributed by atoms with Gasteiger partial charge < -0.3 is 5.32 Å². The molecule has 7 heteroatoms. The van der Waals surface area contributed by atoms with Crippen LogP contribution in [-0.2, 0) is 17.9 Å². The predicted molar refractivity (Wildman–Crippen MR) is 107 cm³/mol. The second kappa shape index (κ2) is 8.35. The molecule has 0 aliphatic heterocycles. The summed E-state index contributed by atoms with van der Waals surface area (Å²) in [5.74, 6) is -0.414. The number of carbonyl (C=O) groups is 1. The van der Waals surface area contributed by atoms with Crippen LogP contribution in [0.1, 0.15) is 25.3 Å². The van der Waals surface area contributed by atoms with Crippen LogP contribution in [0.2, 0.25) is 0 Å². The van der Waals surface area contributed by atoms with E-state index in [0.717, 1.165) is 6.42 Å². The van der Waals surface area contributed by atoms with Gasteiger partial charge in [-0.3, -0.25) is 18.7 Å². The Hall–Kier alpha value is -3.66. The number of para-hydroxylation sites is 1. The monoisotopic (exact) mass is 376 g/mol. The van der Waals surface area contributed by atoms with Gasteiger partial charge >= 0.3 is 5.69 Å². The van der Waals surface area contributed by atoms with Gasteiger partial charge in [-0.15, -0.1) is 0 Å². The number of nitrogens with zero attached hydrogens (tertiary/aromatic N) is 3. The van der Waals surface area contributed by atoms with E-state index in [2.05, 4.69) is 5.32 Å². The van der Waals surface area contributed by atoms with Gasteiger partial charge in [0.15, 0.2) is 0 Å². The zero-order chi connectivity index (χ0) is 20.1. The van der Waals surface area contributed by atoms with Crippen LogP contribution in [0.25, 0.3) is 10.9 Å². The predicted octanol–water partition coefficient (Wildman–Crippen LogP) is 2.47. The number of aromatic nitrogens is 2. The Morgan fingerprint density at radius 1 is 1.11 bits per heavy atom. The lowest BCUT2D eigenvalue weighted by atomic mass is 10.2. The molecule has 0 unspecified atom stereocenters. The Labute approximate surface area is 161 Å². The number of rotatable bonds is 6. The van der Waals surface area contributed by atoms with Crippen LogP contribution in [0.15, 0.2) is 58.1 Å². The summed E-state index contributed by atoms with van der Waals surface area (Å²) in [6, 6.07) is 15.3. The van der Waals surface area contributed by atoms with Gasteiger partial charge in [-0.25, -0.2) is 4.79 Å². The van der Waals surface area contributed by atoms with Gasteiger partial charge in [0.05, 0.1) is 22.5 Å². The summed E-state index contributed by atoms with van der Waals surface area (Å²) in [7, 11) is 0. The molecule has 0 aliphatic carbocycles. The molecule has 0 saturated heterocycles. The minimum Gasteiger partial charge on any atom is -0.324 e. The number of nitriles is 1. The molecule has 3 rings (SSSR count). The number of benzene rings is 2. The van der Waals surface area contributed by atoms with Crippen molar-refractivity contribution in [2.45, 2.75) is 32.9 Å². The molecule has 0 atom stereocenters. The Balaban J connectivity index is 1.99. The first-order valence-corrected chi connectivity index (χ1v) is 9.07. The minimum atomic E-state index is -0.502. The normalized spacial score (nSPS) is 10.6. The fraction of sp³-hybridized carbons (Fsp3) is 0.238. The van der Waals surface area contributed by atoms with Crippen molar-refractivity contribution in [2.75, 3.05) is 5.32 Å². The summed E-state index contributed by atoms with van der Waals surface area (Å²) < 4.78 is 2.51. The third-order valence-corrected chi connectivity index (χ3v) is 4.44. The highest BCUT2D eigenvalue weighted by Crippen LogP contribution is 2.11. The maximum absolute atomic E-state index is 12.9. The van der Waals surface area contributed by atoms with E-state index in [1.54, 1.807) is 48.5 Å². The molecule has 142 valence electrons. The van der Waals surface area contributed by atoms with Crippen molar-refractivity contribution in [2.24, 2.45) is 0 Å². The highest BCUT2D eigenvalue weighted by molar-refractivity contribution is 5.91. The van der Waals surface area contributed by atoms with Crippen LogP contribution in [0.4, 0.5) is 5.69 Å². The molecule has 1 aromatic heterocycles. The van der Waals surface area contributed by atoms with Gasteiger partial charge in [0.1, 0.15) is 6.54 Å². The third-order valence-electron chi connectivity index (χ3n) is 4.44. The van der Waals surface area contributed by atoms with Gasteiger partial charge in [-0.1, -0.05) is 31.5 Å². The molecule has 0 aliphatic rings. The maximum Gasteiger partial charge on any atom is 0.331 e. The summed E-state index contributed by atoms with van der Waals surface area (Å²) in [6.45, 7) is 2.06. The van der Waals surface area contributed by atoms with E-state index < -0.39 is 11.6 Å². The standard InChI is InChI=1S/C21H20N4O3/c1-2-3-11-24-20(27)17-9-4-5-10-18(17)25(21(24)28)14-19(26)23-16-8-6-7-15(12-16)13-22/h4-10,12H,2-3,11,14H2,1H3,(H,23,26). The highest BCUT2D eigenvalue weighted by atomic mass is 16.2. The summed E-state index contributed by atoms with van der Waals surface area (Å²) in [4.78, 5) is 38.1. The molecule has 0 bridgehead atoms. The molecular formula is C21H20N4O3. The zero-order valence-electron chi connectivity index (χ0n) is 15.5. The van der Waals surface area contributed by atoms with E-state index >= 15 is 0 Å². The summed E-state index contributed by atoms with van der Waals surface area (Å²) in [6.07, 6.45) is 1.54. The molecule has 28 heavy (non-hydrogen) atoms. The number of unbranched alkanes of at least 4 members (excludes halogenated alkanes) is 1. The summed E-state index contributed by atoms with van der Waals surface area (Å²) in [5, 5.41) is 12.1. The average Bonchev–Trinajstić information content (AvgIpc) is 2.71. The van der Waals surface area contributed by atoms with Gasteiger partial charge in [0, 0.05) is 12.2 Å². The van der Waals surface area contributed by atoms with Crippen molar-refractivity contribution in [3.63, 3.8) is 0 Å². The molecule has 0 saturated carbocycles. The van der Waals surface area contributed by atoms with E-state index in [9.17, 15) is 14.4 Å². The second-order valence-electron chi connectivity index (χ2n) is 6.44. The number of carbonyl (C=O) groups excluding carboxylic acids is 1. The van der Waals surface area contributed by atoms with Crippen LogP contribution in [0, 0.1) is 11.3 Å². The largest absolute Gasteiger partial charge is 0.331 e. The Kier molecular flexibility index (Phi) is 5.70. The van der Waals surface area contributed by atoms with E-state index in [1.165, 1.54) is 9.13 Å².